The topological polar surface area (TPSA) is 38.3 Å². The number of methoxy groups -OCH3 is 1. The highest BCUT2D eigenvalue weighted by Crippen LogP contribution is 2.29. The standard InChI is InChI=1S/C14H20ClNO2/c1-4-6-10(14(17)16-2)9-11-12(15)7-5-8-13(11)18-3/h5,7-8,10H,4,6,9H2,1-3H3,(H,16,17). The Bertz CT molecular complexity index is 407. The van der Waals surface area contributed by atoms with Crippen LogP contribution in [0.15, 0.2) is 18.2 Å². The molecule has 0 spiro atoms. The van der Waals surface area contributed by atoms with Gasteiger partial charge >= 0.3 is 0 Å². The Labute approximate surface area is 113 Å². The van der Waals surface area contributed by atoms with E-state index in [-0.39, 0.29) is 11.8 Å². The van der Waals surface area contributed by atoms with Crippen molar-refractivity contribution in [2.45, 2.75) is 26.2 Å². The number of rotatable bonds is 6. The third kappa shape index (κ3) is 3.64. The molecule has 0 heterocycles. The van der Waals surface area contributed by atoms with Crippen LogP contribution < -0.4 is 10.1 Å². The van der Waals surface area contributed by atoms with E-state index in [1.165, 1.54) is 0 Å². The van der Waals surface area contributed by atoms with Crippen LogP contribution in [-0.2, 0) is 11.2 Å². The summed E-state index contributed by atoms with van der Waals surface area (Å²) in [5.41, 5.74) is 0.906. The maximum atomic E-state index is 11.8. The number of ether oxygens (including phenoxy) is 1. The first-order valence-corrected chi connectivity index (χ1v) is 6.54. The number of hydrogen-bond acceptors (Lipinski definition) is 2. The van der Waals surface area contributed by atoms with Gasteiger partial charge in [-0.3, -0.25) is 4.79 Å². The maximum absolute atomic E-state index is 11.8. The van der Waals surface area contributed by atoms with Crippen molar-refractivity contribution in [1.82, 2.24) is 5.32 Å². The van der Waals surface area contributed by atoms with E-state index in [2.05, 4.69) is 12.2 Å². The molecule has 0 aliphatic heterocycles. The molecular formula is C14H20ClNO2. The second kappa shape index (κ2) is 7.27. The van der Waals surface area contributed by atoms with Crippen molar-refractivity contribution < 1.29 is 9.53 Å². The van der Waals surface area contributed by atoms with Crippen molar-refractivity contribution in [3.05, 3.63) is 28.8 Å². The van der Waals surface area contributed by atoms with Crippen molar-refractivity contribution in [1.29, 1.82) is 0 Å². The first-order chi connectivity index (χ1) is 8.63. The van der Waals surface area contributed by atoms with Crippen molar-refractivity contribution in [3.8, 4) is 5.75 Å². The van der Waals surface area contributed by atoms with Gasteiger partial charge in [0.2, 0.25) is 5.91 Å². The molecule has 3 nitrogen and oxygen atoms in total. The Morgan fingerprint density at radius 1 is 1.50 bits per heavy atom. The summed E-state index contributed by atoms with van der Waals surface area (Å²) in [5.74, 6) is 0.736. The van der Waals surface area contributed by atoms with Crippen LogP contribution in [0, 0.1) is 5.92 Å². The molecule has 0 saturated heterocycles. The third-order valence-electron chi connectivity index (χ3n) is 3.00. The number of amides is 1. The summed E-state index contributed by atoms with van der Waals surface area (Å²) >= 11 is 6.19. The zero-order valence-electron chi connectivity index (χ0n) is 11.1. The first kappa shape index (κ1) is 14.8. The summed E-state index contributed by atoms with van der Waals surface area (Å²) in [4.78, 5) is 11.8. The number of carbonyl (C=O) groups is 1. The van der Waals surface area contributed by atoms with E-state index in [0.717, 1.165) is 24.2 Å². The summed E-state index contributed by atoms with van der Waals surface area (Å²) in [6.45, 7) is 2.07. The van der Waals surface area contributed by atoms with E-state index in [9.17, 15) is 4.79 Å². The Morgan fingerprint density at radius 3 is 2.78 bits per heavy atom. The number of nitrogens with one attached hydrogen (secondary N) is 1. The minimum absolute atomic E-state index is 0.0545. The zero-order valence-corrected chi connectivity index (χ0v) is 11.9. The van der Waals surface area contributed by atoms with E-state index in [4.69, 9.17) is 16.3 Å². The van der Waals surface area contributed by atoms with Crippen molar-refractivity contribution in [2.75, 3.05) is 14.2 Å². The highest BCUT2D eigenvalue weighted by atomic mass is 35.5. The predicted octanol–water partition coefficient (Wildman–Crippen LogP) is 3.05. The largest absolute Gasteiger partial charge is 0.496 e. The molecule has 0 fully saturated rings. The monoisotopic (exact) mass is 269 g/mol. The molecule has 1 rings (SSSR count). The Kier molecular flexibility index (Phi) is 5.99. The van der Waals surface area contributed by atoms with Gasteiger partial charge in [0.25, 0.3) is 0 Å². The van der Waals surface area contributed by atoms with E-state index >= 15 is 0 Å². The fraction of sp³-hybridized carbons (Fsp3) is 0.500. The normalized spacial score (nSPS) is 12.0. The molecule has 100 valence electrons. The lowest BCUT2D eigenvalue weighted by atomic mass is 9.93. The molecule has 0 radical (unpaired) electrons. The number of halogens is 1. The second-order valence-corrected chi connectivity index (χ2v) is 4.63. The van der Waals surface area contributed by atoms with Crippen molar-refractivity contribution in [3.63, 3.8) is 0 Å². The predicted molar refractivity (Wildman–Crippen MR) is 74.2 cm³/mol. The van der Waals surface area contributed by atoms with Crippen molar-refractivity contribution >= 4 is 17.5 Å². The Balaban J connectivity index is 2.96. The van der Waals surface area contributed by atoms with Crippen LogP contribution in [0.25, 0.3) is 0 Å². The highest BCUT2D eigenvalue weighted by molar-refractivity contribution is 6.31. The molecule has 1 unspecified atom stereocenters. The SMILES string of the molecule is CCCC(Cc1c(Cl)cccc1OC)C(=O)NC. The van der Waals surface area contributed by atoms with Gasteiger partial charge < -0.3 is 10.1 Å². The van der Waals surface area contributed by atoms with Crippen LogP contribution >= 0.6 is 11.6 Å². The quantitative estimate of drug-likeness (QED) is 0.862. The molecule has 4 heteroatoms. The van der Waals surface area contributed by atoms with E-state index in [0.29, 0.717) is 11.4 Å². The first-order valence-electron chi connectivity index (χ1n) is 6.17. The molecule has 0 aliphatic rings. The summed E-state index contributed by atoms with van der Waals surface area (Å²) < 4.78 is 5.30. The Hall–Kier alpha value is -1.22. The van der Waals surface area contributed by atoms with Crippen LogP contribution in [0.4, 0.5) is 0 Å². The molecule has 1 aromatic carbocycles. The maximum Gasteiger partial charge on any atom is 0.223 e. The molecule has 1 amide bonds. The average molecular weight is 270 g/mol. The lowest BCUT2D eigenvalue weighted by molar-refractivity contribution is -0.124. The van der Waals surface area contributed by atoms with Gasteiger partial charge in [0, 0.05) is 23.6 Å². The molecule has 0 saturated carbocycles. The van der Waals surface area contributed by atoms with Gasteiger partial charge in [-0.15, -0.1) is 0 Å². The summed E-state index contributed by atoms with van der Waals surface area (Å²) in [5, 5.41) is 3.36. The summed E-state index contributed by atoms with van der Waals surface area (Å²) in [6.07, 6.45) is 2.41. The molecule has 18 heavy (non-hydrogen) atoms. The average Bonchev–Trinajstić information content (AvgIpc) is 2.39. The third-order valence-corrected chi connectivity index (χ3v) is 3.35. The van der Waals surface area contributed by atoms with Gasteiger partial charge in [-0.25, -0.2) is 0 Å². The lowest BCUT2D eigenvalue weighted by Crippen LogP contribution is -2.29. The van der Waals surface area contributed by atoms with E-state index < -0.39 is 0 Å². The van der Waals surface area contributed by atoms with Crippen molar-refractivity contribution in [2.24, 2.45) is 5.92 Å². The number of hydrogen-bond donors (Lipinski definition) is 1. The fourth-order valence-corrected chi connectivity index (χ4v) is 2.30. The van der Waals surface area contributed by atoms with E-state index in [1.54, 1.807) is 14.2 Å². The van der Waals surface area contributed by atoms with Crippen LogP contribution in [-0.4, -0.2) is 20.1 Å². The summed E-state index contributed by atoms with van der Waals surface area (Å²) in [7, 11) is 3.28. The molecule has 0 aliphatic carbocycles. The zero-order chi connectivity index (χ0) is 13.5. The smallest absolute Gasteiger partial charge is 0.223 e. The van der Waals surface area contributed by atoms with E-state index in [1.807, 2.05) is 18.2 Å². The van der Waals surface area contributed by atoms with Gasteiger partial charge in [0.15, 0.2) is 0 Å². The van der Waals surface area contributed by atoms with Crippen LogP contribution in [0.3, 0.4) is 0 Å². The molecular weight excluding hydrogens is 250 g/mol. The van der Waals surface area contributed by atoms with Crippen LogP contribution in [0.2, 0.25) is 5.02 Å². The second-order valence-electron chi connectivity index (χ2n) is 4.22. The van der Waals surface area contributed by atoms with Gasteiger partial charge in [0.05, 0.1) is 7.11 Å². The molecule has 1 N–H and O–H groups in total. The van der Waals surface area contributed by atoms with Gasteiger partial charge in [-0.05, 0) is 25.0 Å². The molecule has 0 aromatic heterocycles. The van der Waals surface area contributed by atoms with Gasteiger partial charge in [-0.1, -0.05) is 31.0 Å². The summed E-state index contributed by atoms with van der Waals surface area (Å²) in [6, 6.07) is 5.54. The highest BCUT2D eigenvalue weighted by Gasteiger charge is 2.20. The lowest BCUT2D eigenvalue weighted by Gasteiger charge is -2.17. The van der Waals surface area contributed by atoms with Gasteiger partial charge in [0.1, 0.15) is 5.75 Å². The molecule has 1 aromatic rings. The number of benzene rings is 1. The minimum atomic E-state index is -0.0613. The van der Waals surface area contributed by atoms with Gasteiger partial charge in [-0.2, -0.15) is 0 Å². The Morgan fingerprint density at radius 2 is 2.22 bits per heavy atom. The van der Waals surface area contributed by atoms with Crippen LogP contribution in [0.5, 0.6) is 5.75 Å². The molecule has 0 bridgehead atoms. The minimum Gasteiger partial charge on any atom is -0.496 e. The fourth-order valence-electron chi connectivity index (χ4n) is 2.05. The molecule has 1 atom stereocenters. The van der Waals surface area contributed by atoms with Crippen LogP contribution in [0.1, 0.15) is 25.3 Å². The number of carbonyl (C=O) groups excluding carboxylic acids is 1.